The number of unbranched alkanes of at least 4 members (excludes halogenated alkanes) is 5. The zero-order chi connectivity index (χ0) is 11.7. The van der Waals surface area contributed by atoms with Crippen LogP contribution in [-0.2, 0) is 0 Å². The first-order valence-corrected chi connectivity index (χ1v) is 5.55. The second kappa shape index (κ2) is 8.08. The van der Waals surface area contributed by atoms with Crippen molar-refractivity contribution in [2.75, 3.05) is 6.54 Å². The minimum Gasteiger partial charge on any atom is -0.370 e. The maximum Gasteiger partial charge on any atom is 0.195 e. The van der Waals surface area contributed by atoms with Gasteiger partial charge in [0.05, 0.1) is 0 Å². The maximum absolute atomic E-state index is 7.21. The minimum atomic E-state index is -0.143. The molecular weight excluding hydrogens is 190 g/mol. The van der Waals surface area contributed by atoms with E-state index in [2.05, 4.69) is 6.92 Å². The van der Waals surface area contributed by atoms with Crippen LogP contribution < -0.4 is 11.5 Å². The van der Waals surface area contributed by atoms with E-state index in [1.807, 2.05) is 0 Å². The van der Waals surface area contributed by atoms with Crippen LogP contribution in [0.2, 0.25) is 0 Å². The molecular formula is C10H23N5. The van der Waals surface area contributed by atoms with Crippen LogP contribution in [0.25, 0.3) is 0 Å². The molecule has 0 aromatic carbocycles. The van der Waals surface area contributed by atoms with Gasteiger partial charge in [-0.25, -0.2) is 0 Å². The quantitative estimate of drug-likeness (QED) is 0.292. The summed E-state index contributed by atoms with van der Waals surface area (Å²) in [7, 11) is 0. The van der Waals surface area contributed by atoms with Crippen LogP contribution >= 0.6 is 0 Å². The molecule has 0 aromatic heterocycles. The third-order valence-corrected chi connectivity index (χ3v) is 2.32. The molecule has 0 aliphatic heterocycles. The molecule has 0 fully saturated rings. The first kappa shape index (κ1) is 13.7. The van der Waals surface area contributed by atoms with Crippen molar-refractivity contribution in [1.29, 1.82) is 10.8 Å². The van der Waals surface area contributed by atoms with Crippen LogP contribution in [-0.4, -0.2) is 23.4 Å². The molecule has 0 aliphatic carbocycles. The van der Waals surface area contributed by atoms with Gasteiger partial charge in [-0.05, 0) is 6.42 Å². The predicted molar refractivity (Wildman–Crippen MR) is 63.9 cm³/mol. The molecule has 0 aromatic rings. The van der Waals surface area contributed by atoms with E-state index >= 15 is 0 Å². The van der Waals surface area contributed by atoms with Crippen LogP contribution in [0.3, 0.4) is 0 Å². The number of rotatable bonds is 7. The number of guanidine groups is 2. The lowest BCUT2D eigenvalue weighted by atomic mass is 10.1. The van der Waals surface area contributed by atoms with Crippen LogP contribution in [0.15, 0.2) is 0 Å². The zero-order valence-corrected chi connectivity index (χ0v) is 9.55. The molecule has 0 saturated heterocycles. The second-order valence-corrected chi connectivity index (χ2v) is 3.69. The Morgan fingerprint density at radius 1 is 0.933 bits per heavy atom. The lowest BCUT2D eigenvalue weighted by Crippen LogP contribution is -2.45. The van der Waals surface area contributed by atoms with Crippen molar-refractivity contribution in [3.63, 3.8) is 0 Å². The lowest BCUT2D eigenvalue weighted by Gasteiger charge is -2.19. The first-order chi connectivity index (χ1) is 7.09. The van der Waals surface area contributed by atoms with Crippen molar-refractivity contribution in [1.82, 2.24) is 4.90 Å². The summed E-state index contributed by atoms with van der Waals surface area (Å²) in [4.78, 5) is 1.32. The van der Waals surface area contributed by atoms with Gasteiger partial charge in [0.2, 0.25) is 0 Å². The van der Waals surface area contributed by atoms with Crippen molar-refractivity contribution in [2.45, 2.75) is 45.4 Å². The van der Waals surface area contributed by atoms with Gasteiger partial charge in [-0.2, -0.15) is 0 Å². The van der Waals surface area contributed by atoms with Gasteiger partial charge in [-0.1, -0.05) is 39.0 Å². The molecule has 0 radical (unpaired) electrons. The second-order valence-electron chi connectivity index (χ2n) is 3.69. The topological polar surface area (TPSA) is 103 Å². The van der Waals surface area contributed by atoms with E-state index < -0.39 is 0 Å². The average molecular weight is 213 g/mol. The molecule has 0 amide bonds. The highest BCUT2D eigenvalue weighted by molar-refractivity contribution is 5.94. The highest BCUT2D eigenvalue weighted by Crippen LogP contribution is 2.05. The van der Waals surface area contributed by atoms with Gasteiger partial charge in [0, 0.05) is 6.54 Å². The minimum absolute atomic E-state index is 0.143. The molecule has 5 heteroatoms. The van der Waals surface area contributed by atoms with E-state index in [0.29, 0.717) is 6.54 Å². The molecule has 0 aliphatic rings. The number of nitrogens with zero attached hydrogens (tertiary/aromatic N) is 1. The molecule has 15 heavy (non-hydrogen) atoms. The van der Waals surface area contributed by atoms with Crippen molar-refractivity contribution < 1.29 is 0 Å². The third-order valence-electron chi connectivity index (χ3n) is 2.32. The van der Waals surface area contributed by atoms with E-state index in [4.69, 9.17) is 22.3 Å². The van der Waals surface area contributed by atoms with E-state index in [1.54, 1.807) is 0 Å². The monoisotopic (exact) mass is 213 g/mol. The van der Waals surface area contributed by atoms with Crippen molar-refractivity contribution >= 4 is 11.9 Å². The van der Waals surface area contributed by atoms with Gasteiger partial charge >= 0.3 is 0 Å². The fourth-order valence-electron chi connectivity index (χ4n) is 1.42. The lowest BCUT2D eigenvalue weighted by molar-refractivity contribution is 0.518. The van der Waals surface area contributed by atoms with Crippen molar-refractivity contribution in [3.8, 4) is 0 Å². The highest BCUT2D eigenvalue weighted by Gasteiger charge is 2.08. The summed E-state index contributed by atoms with van der Waals surface area (Å²) in [6, 6.07) is 0. The Morgan fingerprint density at radius 3 is 1.87 bits per heavy atom. The summed E-state index contributed by atoms with van der Waals surface area (Å²) in [6.07, 6.45) is 7.03. The van der Waals surface area contributed by atoms with E-state index in [1.165, 1.54) is 30.6 Å². The van der Waals surface area contributed by atoms with Crippen LogP contribution in [0, 0.1) is 10.8 Å². The van der Waals surface area contributed by atoms with Crippen LogP contribution in [0.1, 0.15) is 45.4 Å². The Morgan fingerprint density at radius 2 is 1.40 bits per heavy atom. The molecule has 0 atom stereocenters. The van der Waals surface area contributed by atoms with Gasteiger partial charge in [0.1, 0.15) is 0 Å². The molecule has 6 N–H and O–H groups in total. The fraction of sp³-hybridized carbons (Fsp3) is 0.800. The van der Waals surface area contributed by atoms with Gasteiger partial charge in [0.15, 0.2) is 11.9 Å². The number of hydrogen-bond donors (Lipinski definition) is 4. The van der Waals surface area contributed by atoms with Crippen molar-refractivity contribution in [2.24, 2.45) is 11.5 Å². The van der Waals surface area contributed by atoms with Gasteiger partial charge in [-0.3, -0.25) is 15.7 Å². The largest absolute Gasteiger partial charge is 0.370 e. The predicted octanol–water partition coefficient (Wildman–Crippen LogP) is 1.44. The SMILES string of the molecule is CCCCCCCCN(C(=N)N)C(=N)N. The summed E-state index contributed by atoms with van der Waals surface area (Å²) < 4.78 is 0. The molecule has 0 spiro atoms. The van der Waals surface area contributed by atoms with Gasteiger partial charge < -0.3 is 11.5 Å². The molecule has 88 valence electrons. The molecule has 0 rings (SSSR count). The Hall–Kier alpha value is -1.26. The average Bonchev–Trinajstić information content (AvgIpc) is 2.15. The van der Waals surface area contributed by atoms with Crippen molar-refractivity contribution in [3.05, 3.63) is 0 Å². The number of nitrogens with one attached hydrogen (secondary N) is 2. The fourth-order valence-corrected chi connectivity index (χ4v) is 1.42. The summed E-state index contributed by atoms with van der Waals surface area (Å²) in [6.45, 7) is 2.77. The molecule has 0 bridgehead atoms. The van der Waals surface area contributed by atoms with E-state index in [-0.39, 0.29) is 11.9 Å². The highest BCUT2D eigenvalue weighted by atomic mass is 15.3. The summed E-state index contributed by atoms with van der Waals surface area (Å²) in [5, 5.41) is 14.4. The Labute approximate surface area is 91.8 Å². The number of nitrogens with two attached hydrogens (primary N) is 2. The molecule has 5 nitrogen and oxygen atoms in total. The van der Waals surface area contributed by atoms with Gasteiger partial charge in [0.25, 0.3) is 0 Å². The standard InChI is InChI=1S/C10H23N5/c1-2-3-4-5-6-7-8-15(9(11)12)10(13)14/h2-8H2,1H3,(H3,11,12)(H3,13,14). The van der Waals surface area contributed by atoms with Crippen LogP contribution in [0.4, 0.5) is 0 Å². The summed E-state index contributed by atoms with van der Waals surface area (Å²) in [5.74, 6) is -0.285. The Balaban J connectivity index is 3.55. The normalized spacial score (nSPS) is 9.93. The summed E-state index contributed by atoms with van der Waals surface area (Å²) in [5.41, 5.74) is 10.6. The Kier molecular flexibility index (Phi) is 7.40. The third kappa shape index (κ3) is 6.76. The summed E-state index contributed by atoms with van der Waals surface area (Å²) >= 11 is 0. The Bertz CT molecular complexity index is 188. The molecule has 0 saturated carbocycles. The van der Waals surface area contributed by atoms with E-state index in [9.17, 15) is 0 Å². The zero-order valence-electron chi connectivity index (χ0n) is 9.55. The van der Waals surface area contributed by atoms with Gasteiger partial charge in [-0.15, -0.1) is 0 Å². The smallest absolute Gasteiger partial charge is 0.195 e. The molecule has 0 unspecified atom stereocenters. The van der Waals surface area contributed by atoms with E-state index in [0.717, 1.165) is 12.8 Å². The molecule has 0 heterocycles. The maximum atomic E-state index is 7.21. The van der Waals surface area contributed by atoms with Crippen LogP contribution in [0.5, 0.6) is 0 Å². The first-order valence-electron chi connectivity index (χ1n) is 5.55. The number of hydrogen-bond acceptors (Lipinski definition) is 2.